The van der Waals surface area contributed by atoms with E-state index in [1.807, 2.05) is 6.08 Å². The van der Waals surface area contributed by atoms with Gasteiger partial charge in [-0.05, 0) is 162 Å². The minimum absolute atomic E-state index is 0.0100. The highest BCUT2D eigenvalue weighted by Crippen LogP contribution is 2.60. The van der Waals surface area contributed by atoms with Crippen molar-refractivity contribution in [3.63, 3.8) is 0 Å². The van der Waals surface area contributed by atoms with Gasteiger partial charge in [0.15, 0.2) is 0 Å². The van der Waals surface area contributed by atoms with Crippen molar-refractivity contribution in [1.82, 2.24) is 13.7 Å². The molecular formula is C71H79N3. The van der Waals surface area contributed by atoms with E-state index in [9.17, 15) is 0 Å². The summed E-state index contributed by atoms with van der Waals surface area (Å²) in [6.07, 6.45) is 28.6. The number of aryl methyl sites for hydroxylation is 2. The molecule has 3 heterocycles. The van der Waals surface area contributed by atoms with Gasteiger partial charge in [0.1, 0.15) is 0 Å². The van der Waals surface area contributed by atoms with Crippen LogP contribution in [-0.2, 0) is 19.4 Å². The molecule has 2 aliphatic carbocycles. The Morgan fingerprint density at radius 1 is 0.622 bits per heavy atom. The lowest BCUT2D eigenvalue weighted by Gasteiger charge is -2.54. The highest BCUT2D eigenvalue weighted by Gasteiger charge is 2.50. The Morgan fingerprint density at radius 2 is 1.22 bits per heavy atom. The van der Waals surface area contributed by atoms with Crippen LogP contribution in [0.2, 0.25) is 0 Å². The molecule has 0 saturated carbocycles. The fraction of sp³-hybridized carbons (Fsp3) is 0.324. The zero-order valence-electron chi connectivity index (χ0n) is 46.5. The van der Waals surface area contributed by atoms with Crippen LogP contribution in [0.4, 0.5) is 0 Å². The van der Waals surface area contributed by atoms with Gasteiger partial charge in [-0.3, -0.25) is 0 Å². The predicted molar refractivity (Wildman–Crippen MR) is 324 cm³/mol. The van der Waals surface area contributed by atoms with Crippen LogP contribution in [0.5, 0.6) is 0 Å². The van der Waals surface area contributed by atoms with E-state index in [0.29, 0.717) is 17.8 Å². The smallest absolute Gasteiger partial charge is 0.0541 e. The average molecular weight is 974 g/mol. The van der Waals surface area contributed by atoms with Crippen LogP contribution >= 0.6 is 0 Å². The average Bonchev–Trinajstić information content (AvgIpc) is 3.76. The van der Waals surface area contributed by atoms with E-state index in [1.165, 1.54) is 88.7 Å². The molecule has 10 rings (SSSR count). The quantitative estimate of drug-likeness (QED) is 0.103. The zero-order valence-corrected chi connectivity index (χ0v) is 46.5. The van der Waals surface area contributed by atoms with E-state index >= 15 is 0 Å². The Kier molecular flexibility index (Phi) is 13.5. The van der Waals surface area contributed by atoms with Gasteiger partial charge in [0.2, 0.25) is 0 Å². The Hall–Kier alpha value is -6.84. The number of fused-ring (bicyclic) bond motifs is 7. The first-order valence-electron chi connectivity index (χ1n) is 27.6. The second-order valence-corrected chi connectivity index (χ2v) is 23.9. The first-order chi connectivity index (χ1) is 35.5. The van der Waals surface area contributed by atoms with E-state index in [4.69, 9.17) is 0 Å². The summed E-state index contributed by atoms with van der Waals surface area (Å²) < 4.78 is 7.51. The molecule has 0 spiro atoms. The molecule has 0 amide bonds. The predicted octanol–water partition coefficient (Wildman–Crippen LogP) is 19.8. The van der Waals surface area contributed by atoms with Crippen molar-refractivity contribution in [2.45, 2.75) is 127 Å². The second-order valence-electron chi connectivity index (χ2n) is 23.9. The first-order valence-corrected chi connectivity index (χ1v) is 27.6. The van der Waals surface area contributed by atoms with Crippen molar-refractivity contribution in [1.29, 1.82) is 0 Å². The number of para-hydroxylation sites is 1. The summed E-state index contributed by atoms with van der Waals surface area (Å²) in [6, 6.07) is 40.2. The van der Waals surface area contributed by atoms with Crippen molar-refractivity contribution in [2.75, 3.05) is 0 Å². The molecule has 0 radical (unpaired) electrons. The zero-order chi connectivity index (χ0) is 52.3. The summed E-state index contributed by atoms with van der Waals surface area (Å²) in [5.41, 5.74) is 20.5. The number of aromatic nitrogens is 3. The van der Waals surface area contributed by atoms with E-state index in [0.717, 1.165) is 49.2 Å². The van der Waals surface area contributed by atoms with Gasteiger partial charge in [-0.25, -0.2) is 0 Å². The molecule has 3 nitrogen and oxygen atoms in total. The lowest BCUT2D eigenvalue weighted by Crippen LogP contribution is -2.45. The molecule has 3 heteroatoms. The lowest BCUT2D eigenvalue weighted by molar-refractivity contribution is 0.00963. The van der Waals surface area contributed by atoms with Gasteiger partial charge < -0.3 is 13.7 Å². The summed E-state index contributed by atoms with van der Waals surface area (Å²) in [5, 5.41) is 3.81. The molecule has 5 aromatic carbocycles. The van der Waals surface area contributed by atoms with Gasteiger partial charge in [0, 0.05) is 61.8 Å². The van der Waals surface area contributed by atoms with Crippen LogP contribution in [0.25, 0.3) is 80.5 Å². The third-order valence-corrected chi connectivity index (χ3v) is 17.8. The van der Waals surface area contributed by atoms with Crippen LogP contribution in [0.3, 0.4) is 0 Å². The monoisotopic (exact) mass is 974 g/mol. The number of nitrogens with zero attached hydrogens (tertiary/aromatic N) is 3. The molecule has 74 heavy (non-hydrogen) atoms. The largest absolute Gasteiger partial charge is 0.340 e. The summed E-state index contributed by atoms with van der Waals surface area (Å²) in [6.45, 7) is 34.2. The van der Waals surface area contributed by atoms with Crippen LogP contribution in [-0.4, -0.2) is 13.7 Å². The number of benzene rings is 5. The van der Waals surface area contributed by atoms with E-state index in [1.54, 1.807) is 0 Å². The minimum Gasteiger partial charge on any atom is -0.340 e. The molecule has 0 saturated heterocycles. The van der Waals surface area contributed by atoms with E-state index < -0.39 is 0 Å². The third kappa shape index (κ3) is 8.74. The van der Waals surface area contributed by atoms with Gasteiger partial charge in [0.05, 0.1) is 22.6 Å². The Bertz CT molecular complexity index is 3580. The van der Waals surface area contributed by atoms with Crippen molar-refractivity contribution in [3.8, 4) is 11.4 Å². The molecule has 0 N–H and O–H groups in total. The summed E-state index contributed by atoms with van der Waals surface area (Å²) >= 11 is 0. The van der Waals surface area contributed by atoms with E-state index in [2.05, 4.69) is 267 Å². The van der Waals surface area contributed by atoms with Crippen LogP contribution in [0.15, 0.2) is 140 Å². The van der Waals surface area contributed by atoms with Crippen LogP contribution in [0, 0.1) is 29.1 Å². The van der Waals surface area contributed by atoms with Gasteiger partial charge in [-0.1, -0.05) is 185 Å². The van der Waals surface area contributed by atoms with Crippen molar-refractivity contribution in [3.05, 3.63) is 202 Å². The molecule has 378 valence electrons. The second kappa shape index (κ2) is 19.8. The summed E-state index contributed by atoms with van der Waals surface area (Å²) in [5.74, 6) is 1.12. The highest BCUT2D eigenvalue weighted by molar-refractivity contribution is 6.10. The maximum atomic E-state index is 4.30. The van der Waals surface area contributed by atoms with Gasteiger partial charge >= 0.3 is 0 Å². The molecule has 8 aromatic rings. The maximum absolute atomic E-state index is 4.30. The molecule has 0 bridgehead atoms. The number of rotatable bonds is 14. The molecule has 3 unspecified atom stereocenters. The Labute approximate surface area is 443 Å². The van der Waals surface area contributed by atoms with Gasteiger partial charge in [-0.15, -0.1) is 0 Å². The van der Waals surface area contributed by atoms with Gasteiger partial charge in [-0.2, -0.15) is 0 Å². The molecule has 0 fully saturated rings. The van der Waals surface area contributed by atoms with Crippen molar-refractivity contribution >= 4 is 69.2 Å². The fourth-order valence-corrected chi connectivity index (χ4v) is 13.5. The van der Waals surface area contributed by atoms with Crippen LogP contribution < -0.4 is 0 Å². The van der Waals surface area contributed by atoms with Crippen LogP contribution in [0.1, 0.15) is 162 Å². The van der Waals surface area contributed by atoms with Crippen molar-refractivity contribution < 1.29 is 0 Å². The normalized spacial score (nSPS) is 15.2. The molecule has 3 aromatic heterocycles. The van der Waals surface area contributed by atoms with E-state index in [-0.39, 0.29) is 16.2 Å². The number of allylic oxidation sites excluding steroid dienone is 5. The minimum atomic E-state index is -0.0100. The number of hydrogen-bond acceptors (Lipinski definition) is 0. The first kappa shape index (κ1) is 50.7. The Balaban J connectivity index is 1.03. The summed E-state index contributed by atoms with van der Waals surface area (Å²) in [7, 11) is 0. The topological polar surface area (TPSA) is 14.8 Å². The lowest BCUT2D eigenvalue weighted by atomic mass is 9.50. The maximum Gasteiger partial charge on any atom is 0.0541 e. The number of hydrogen-bond donors (Lipinski definition) is 0. The standard InChI is InChI=1S/C71H79N3/c1-14-25-64-56(16-3)57-26-19-17-21-29-65(57)73(64)54-38-40-62-60(44-54)61-45-55(74-66-30-22-18-20-27-58(66)59-28-23-24-31-67(59)74)39-41-63(61)72(62)46-47(4)42-50-32-34-52(35-33-50)68(69(7,8)9)71(12,13)70(10,11)49(6)53-37-36-51(15-2)48(5)43-53/h14,16,19-41,43-45,47,49,68H,3,15,17-18,42,46H2,1-2,4-13H3/b25-14-. The third-order valence-electron chi connectivity index (χ3n) is 17.8. The SMILES string of the molecule is C=Cc1c2c(n(-c3ccc4c(c3)c3cc(-n5c6c(c7ccccc75)C=CCC=C6)ccc3n4CC(C)Cc3ccc(C(C(C)(C)C)C(C)(C)C(C)(C)C(C)c4ccc(CC)c(C)c4)cc3)c1/C=C\C)C=CCC=C2. The van der Waals surface area contributed by atoms with Crippen molar-refractivity contribution in [2.24, 2.45) is 22.2 Å². The Morgan fingerprint density at radius 3 is 1.82 bits per heavy atom. The molecule has 3 atom stereocenters. The molecular weight excluding hydrogens is 895 g/mol. The molecule has 2 aliphatic rings. The highest BCUT2D eigenvalue weighted by atomic mass is 15.0. The molecule has 0 aliphatic heterocycles. The van der Waals surface area contributed by atoms with Gasteiger partial charge in [0.25, 0.3) is 0 Å². The summed E-state index contributed by atoms with van der Waals surface area (Å²) in [4.78, 5) is 0. The fourth-order valence-electron chi connectivity index (χ4n) is 13.5.